The van der Waals surface area contributed by atoms with Crippen LogP contribution >= 0.6 is 0 Å². The summed E-state index contributed by atoms with van der Waals surface area (Å²) in [7, 11) is 1.80. The molecule has 2 atom stereocenters. The lowest BCUT2D eigenvalue weighted by atomic mass is 9.89. The predicted molar refractivity (Wildman–Crippen MR) is 69.7 cm³/mol. The van der Waals surface area contributed by atoms with Crippen molar-refractivity contribution < 1.29 is 4.74 Å². The van der Waals surface area contributed by atoms with Crippen LogP contribution in [0.2, 0.25) is 0 Å². The molecule has 16 heavy (non-hydrogen) atoms. The zero-order valence-electron chi connectivity index (χ0n) is 11.3. The first-order valence-electron chi connectivity index (χ1n) is 7.00. The van der Waals surface area contributed by atoms with Crippen molar-refractivity contribution in [2.24, 2.45) is 11.8 Å². The maximum atomic E-state index is 5.18. The average Bonchev–Trinajstić information content (AvgIpc) is 2.78. The molecule has 1 saturated carbocycles. The van der Waals surface area contributed by atoms with Crippen molar-refractivity contribution in [3.05, 3.63) is 0 Å². The molecule has 0 bridgehead atoms. The molecule has 1 aliphatic rings. The van der Waals surface area contributed by atoms with Crippen molar-refractivity contribution in [3.8, 4) is 0 Å². The number of nitrogens with one attached hydrogen (secondary N) is 1. The van der Waals surface area contributed by atoms with Crippen molar-refractivity contribution in [2.45, 2.75) is 58.4 Å². The molecule has 1 N–H and O–H groups in total. The molecule has 2 nitrogen and oxygen atoms in total. The van der Waals surface area contributed by atoms with Gasteiger partial charge in [-0.05, 0) is 31.2 Å². The minimum Gasteiger partial charge on any atom is -0.385 e. The van der Waals surface area contributed by atoms with Gasteiger partial charge in [0, 0.05) is 19.8 Å². The van der Waals surface area contributed by atoms with Crippen LogP contribution < -0.4 is 5.32 Å². The summed E-state index contributed by atoms with van der Waals surface area (Å²) in [6.07, 6.45) is 8.38. The molecule has 1 fully saturated rings. The molecule has 0 spiro atoms. The molecule has 0 aromatic heterocycles. The number of hydrogen-bond donors (Lipinski definition) is 1. The first-order valence-corrected chi connectivity index (χ1v) is 7.00. The standard InChI is InChI=1S/C14H29NO/c1-4-15-14(12(2)9-10-16-3)11-13-7-5-6-8-13/h12-15H,4-11H2,1-3H3. The summed E-state index contributed by atoms with van der Waals surface area (Å²) in [4.78, 5) is 0. The Morgan fingerprint density at radius 2 is 2.00 bits per heavy atom. The van der Waals surface area contributed by atoms with Crippen molar-refractivity contribution in [1.29, 1.82) is 0 Å². The highest BCUT2D eigenvalue weighted by atomic mass is 16.5. The Labute approximate surface area is 101 Å². The Morgan fingerprint density at radius 3 is 2.56 bits per heavy atom. The van der Waals surface area contributed by atoms with Crippen LogP contribution in [-0.2, 0) is 4.74 Å². The molecule has 2 unspecified atom stereocenters. The molecule has 0 aromatic carbocycles. The van der Waals surface area contributed by atoms with Gasteiger partial charge in [-0.15, -0.1) is 0 Å². The van der Waals surface area contributed by atoms with E-state index in [1.165, 1.54) is 38.5 Å². The van der Waals surface area contributed by atoms with E-state index in [0.717, 1.165) is 25.0 Å². The van der Waals surface area contributed by atoms with Gasteiger partial charge in [-0.1, -0.05) is 39.5 Å². The second kappa shape index (κ2) is 8.08. The van der Waals surface area contributed by atoms with Crippen LogP contribution in [0.5, 0.6) is 0 Å². The molecule has 0 aromatic rings. The maximum absolute atomic E-state index is 5.18. The Hall–Kier alpha value is -0.0800. The number of methoxy groups -OCH3 is 1. The Balaban J connectivity index is 2.32. The minimum absolute atomic E-state index is 0.697. The second-order valence-electron chi connectivity index (χ2n) is 5.31. The molecule has 2 heteroatoms. The molecular weight excluding hydrogens is 198 g/mol. The molecule has 1 aliphatic carbocycles. The van der Waals surface area contributed by atoms with E-state index in [1.807, 2.05) is 0 Å². The summed E-state index contributed by atoms with van der Waals surface area (Å²) in [5.74, 6) is 1.72. The molecule has 1 rings (SSSR count). The Kier molecular flexibility index (Phi) is 7.06. The van der Waals surface area contributed by atoms with E-state index in [9.17, 15) is 0 Å². The maximum Gasteiger partial charge on any atom is 0.0465 e. The Bertz CT molecular complexity index is 166. The van der Waals surface area contributed by atoms with Gasteiger partial charge in [0.1, 0.15) is 0 Å². The molecule has 0 amide bonds. The zero-order valence-corrected chi connectivity index (χ0v) is 11.3. The highest BCUT2D eigenvalue weighted by molar-refractivity contribution is 4.79. The van der Waals surface area contributed by atoms with E-state index in [4.69, 9.17) is 4.74 Å². The fourth-order valence-corrected chi connectivity index (χ4v) is 2.89. The van der Waals surface area contributed by atoms with Crippen molar-refractivity contribution in [3.63, 3.8) is 0 Å². The van der Waals surface area contributed by atoms with Gasteiger partial charge >= 0.3 is 0 Å². The van der Waals surface area contributed by atoms with Crippen LogP contribution in [0.15, 0.2) is 0 Å². The van der Waals surface area contributed by atoms with E-state index < -0.39 is 0 Å². The lowest BCUT2D eigenvalue weighted by Gasteiger charge is -2.27. The quantitative estimate of drug-likeness (QED) is 0.687. The van der Waals surface area contributed by atoms with Gasteiger partial charge in [-0.2, -0.15) is 0 Å². The molecule has 0 heterocycles. The lowest BCUT2D eigenvalue weighted by Crippen LogP contribution is -2.36. The van der Waals surface area contributed by atoms with E-state index in [2.05, 4.69) is 19.2 Å². The van der Waals surface area contributed by atoms with Crippen LogP contribution in [-0.4, -0.2) is 26.3 Å². The molecule has 0 saturated heterocycles. The summed E-state index contributed by atoms with van der Waals surface area (Å²) in [5.41, 5.74) is 0. The van der Waals surface area contributed by atoms with E-state index in [-0.39, 0.29) is 0 Å². The SMILES string of the molecule is CCNC(CC1CCCC1)C(C)CCOC. The average molecular weight is 227 g/mol. The first-order chi connectivity index (χ1) is 7.77. The van der Waals surface area contributed by atoms with E-state index in [1.54, 1.807) is 7.11 Å². The van der Waals surface area contributed by atoms with Gasteiger partial charge in [-0.3, -0.25) is 0 Å². The van der Waals surface area contributed by atoms with Crippen LogP contribution in [0.3, 0.4) is 0 Å². The van der Waals surface area contributed by atoms with Crippen LogP contribution in [0, 0.1) is 11.8 Å². The van der Waals surface area contributed by atoms with Gasteiger partial charge in [0.25, 0.3) is 0 Å². The minimum atomic E-state index is 0.697. The van der Waals surface area contributed by atoms with Crippen molar-refractivity contribution in [1.82, 2.24) is 5.32 Å². The number of rotatable bonds is 8. The summed E-state index contributed by atoms with van der Waals surface area (Å²) < 4.78 is 5.18. The van der Waals surface area contributed by atoms with Gasteiger partial charge < -0.3 is 10.1 Å². The van der Waals surface area contributed by atoms with Gasteiger partial charge in [-0.25, -0.2) is 0 Å². The number of hydrogen-bond acceptors (Lipinski definition) is 2. The van der Waals surface area contributed by atoms with Crippen LogP contribution in [0.1, 0.15) is 52.4 Å². The smallest absolute Gasteiger partial charge is 0.0465 e. The first kappa shape index (κ1) is 14.0. The molecule has 0 radical (unpaired) electrons. The third-order valence-corrected chi connectivity index (χ3v) is 3.99. The molecule has 0 aliphatic heterocycles. The zero-order chi connectivity index (χ0) is 11.8. The van der Waals surface area contributed by atoms with E-state index in [0.29, 0.717) is 6.04 Å². The van der Waals surface area contributed by atoms with Crippen molar-refractivity contribution in [2.75, 3.05) is 20.3 Å². The molecule has 96 valence electrons. The monoisotopic (exact) mass is 227 g/mol. The van der Waals surface area contributed by atoms with Gasteiger partial charge in [0.15, 0.2) is 0 Å². The van der Waals surface area contributed by atoms with Crippen LogP contribution in [0.4, 0.5) is 0 Å². The normalized spacial score (nSPS) is 21.2. The summed E-state index contributed by atoms with van der Waals surface area (Å²) in [5, 5.41) is 3.66. The second-order valence-corrected chi connectivity index (χ2v) is 5.31. The van der Waals surface area contributed by atoms with Crippen LogP contribution in [0.25, 0.3) is 0 Å². The third-order valence-electron chi connectivity index (χ3n) is 3.99. The summed E-state index contributed by atoms with van der Waals surface area (Å²) in [6.45, 7) is 6.56. The number of ether oxygens (including phenoxy) is 1. The fraction of sp³-hybridized carbons (Fsp3) is 1.00. The van der Waals surface area contributed by atoms with Crippen molar-refractivity contribution >= 4 is 0 Å². The largest absolute Gasteiger partial charge is 0.385 e. The van der Waals surface area contributed by atoms with Gasteiger partial charge in [0.2, 0.25) is 0 Å². The summed E-state index contributed by atoms with van der Waals surface area (Å²) >= 11 is 0. The highest BCUT2D eigenvalue weighted by Gasteiger charge is 2.23. The predicted octanol–water partition coefficient (Wildman–Crippen LogP) is 3.22. The van der Waals surface area contributed by atoms with E-state index >= 15 is 0 Å². The topological polar surface area (TPSA) is 21.3 Å². The fourth-order valence-electron chi connectivity index (χ4n) is 2.89. The van der Waals surface area contributed by atoms with Gasteiger partial charge in [0.05, 0.1) is 0 Å². The molecular formula is C14H29NO. The Morgan fingerprint density at radius 1 is 1.31 bits per heavy atom. The highest BCUT2D eigenvalue weighted by Crippen LogP contribution is 2.30. The lowest BCUT2D eigenvalue weighted by molar-refractivity contribution is 0.165. The summed E-state index contributed by atoms with van der Waals surface area (Å²) in [6, 6.07) is 0.697. The third kappa shape index (κ3) is 4.84.